The van der Waals surface area contributed by atoms with Crippen LogP contribution in [0, 0.1) is 0 Å². The van der Waals surface area contributed by atoms with Crippen molar-refractivity contribution in [3.8, 4) is 0 Å². The molecule has 0 saturated carbocycles. The van der Waals surface area contributed by atoms with Crippen molar-refractivity contribution in [2.75, 3.05) is 26.2 Å². The first-order valence-corrected chi connectivity index (χ1v) is 7.06. The molecule has 5 nitrogen and oxygen atoms in total. The van der Waals surface area contributed by atoms with Crippen LogP contribution in [0.2, 0.25) is 0 Å². The van der Waals surface area contributed by atoms with Gasteiger partial charge in [0.15, 0.2) is 0 Å². The van der Waals surface area contributed by atoms with Gasteiger partial charge in [-0.05, 0) is 12.5 Å². The number of benzene rings is 1. The van der Waals surface area contributed by atoms with Gasteiger partial charge in [-0.3, -0.25) is 14.6 Å². The van der Waals surface area contributed by atoms with Crippen molar-refractivity contribution in [1.29, 1.82) is 0 Å². The zero-order valence-electron chi connectivity index (χ0n) is 11.9. The van der Waals surface area contributed by atoms with Gasteiger partial charge in [-0.15, -0.1) is 0 Å². The molecular weight excluding hydrogens is 254 g/mol. The Labute approximate surface area is 120 Å². The van der Waals surface area contributed by atoms with Gasteiger partial charge in [-0.1, -0.05) is 30.3 Å². The van der Waals surface area contributed by atoms with Crippen LogP contribution in [0.25, 0.3) is 0 Å². The Bertz CT molecular complexity index is 428. The van der Waals surface area contributed by atoms with Crippen LogP contribution in [0.3, 0.4) is 0 Å². The van der Waals surface area contributed by atoms with Crippen LogP contribution < -0.4 is 5.73 Å². The number of hydrogen-bond donors (Lipinski definition) is 2. The summed E-state index contributed by atoms with van der Waals surface area (Å²) in [6, 6.07) is 9.41. The van der Waals surface area contributed by atoms with Gasteiger partial charge in [0, 0.05) is 38.8 Å². The second kappa shape index (κ2) is 6.83. The molecule has 0 radical (unpaired) electrons. The Morgan fingerprint density at radius 1 is 1.25 bits per heavy atom. The third-order valence-corrected chi connectivity index (χ3v) is 3.80. The molecule has 2 rings (SSSR count). The molecule has 1 aliphatic heterocycles. The van der Waals surface area contributed by atoms with E-state index in [-0.39, 0.29) is 6.04 Å². The van der Waals surface area contributed by atoms with Crippen molar-refractivity contribution < 1.29 is 9.90 Å². The second-order valence-electron chi connectivity index (χ2n) is 5.44. The summed E-state index contributed by atoms with van der Waals surface area (Å²) in [6.07, 6.45) is 0. The average Bonchev–Trinajstić information content (AvgIpc) is 2.41. The highest BCUT2D eigenvalue weighted by molar-refractivity contribution is 5.74. The monoisotopic (exact) mass is 277 g/mol. The minimum atomic E-state index is -0.823. The molecule has 1 aromatic carbocycles. The van der Waals surface area contributed by atoms with Gasteiger partial charge in [-0.2, -0.15) is 0 Å². The minimum absolute atomic E-state index is 0.354. The van der Waals surface area contributed by atoms with E-state index in [0.717, 1.165) is 32.7 Å². The highest BCUT2D eigenvalue weighted by atomic mass is 16.4. The quantitative estimate of drug-likeness (QED) is 0.825. The average molecular weight is 277 g/mol. The van der Waals surface area contributed by atoms with E-state index < -0.39 is 12.0 Å². The molecule has 0 bridgehead atoms. The lowest BCUT2D eigenvalue weighted by Gasteiger charge is -2.38. The lowest BCUT2D eigenvalue weighted by molar-refractivity contribution is -0.144. The van der Waals surface area contributed by atoms with Crippen LogP contribution in [-0.4, -0.2) is 59.1 Å². The molecule has 1 heterocycles. The van der Waals surface area contributed by atoms with Crippen molar-refractivity contribution in [1.82, 2.24) is 9.80 Å². The largest absolute Gasteiger partial charge is 0.480 e. The molecule has 3 N–H and O–H groups in total. The summed E-state index contributed by atoms with van der Waals surface area (Å²) in [5.41, 5.74) is 7.08. The Morgan fingerprint density at radius 3 is 2.35 bits per heavy atom. The van der Waals surface area contributed by atoms with Crippen LogP contribution in [-0.2, 0) is 11.3 Å². The van der Waals surface area contributed by atoms with E-state index in [1.54, 1.807) is 6.92 Å². The summed E-state index contributed by atoms with van der Waals surface area (Å²) in [6.45, 7) is 5.95. The molecule has 5 heteroatoms. The molecule has 0 amide bonds. The van der Waals surface area contributed by atoms with Gasteiger partial charge >= 0.3 is 5.97 Å². The first-order valence-electron chi connectivity index (χ1n) is 7.06. The molecule has 0 aromatic heterocycles. The number of nitrogens with zero attached hydrogens (tertiary/aromatic N) is 2. The third kappa shape index (κ3) is 3.79. The number of rotatable bonds is 5. The zero-order valence-corrected chi connectivity index (χ0v) is 11.9. The van der Waals surface area contributed by atoms with E-state index in [9.17, 15) is 9.90 Å². The van der Waals surface area contributed by atoms with Gasteiger partial charge in [-0.25, -0.2) is 0 Å². The molecule has 2 unspecified atom stereocenters. The maximum Gasteiger partial charge on any atom is 0.322 e. The Kier molecular flexibility index (Phi) is 5.11. The minimum Gasteiger partial charge on any atom is -0.480 e. The summed E-state index contributed by atoms with van der Waals surface area (Å²) >= 11 is 0. The summed E-state index contributed by atoms with van der Waals surface area (Å²) in [7, 11) is 0. The molecule has 1 saturated heterocycles. The van der Waals surface area contributed by atoms with Crippen LogP contribution in [0.15, 0.2) is 30.3 Å². The molecule has 2 atom stereocenters. The second-order valence-corrected chi connectivity index (χ2v) is 5.44. The van der Waals surface area contributed by atoms with Crippen LogP contribution in [0.1, 0.15) is 12.5 Å². The van der Waals surface area contributed by atoms with Crippen molar-refractivity contribution in [2.24, 2.45) is 5.73 Å². The lowest BCUT2D eigenvalue weighted by atomic mass is 10.1. The molecule has 110 valence electrons. The lowest BCUT2D eigenvalue weighted by Crippen LogP contribution is -2.57. The van der Waals surface area contributed by atoms with Crippen molar-refractivity contribution in [3.63, 3.8) is 0 Å². The normalized spacial score (nSPS) is 20.5. The summed E-state index contributed by atoms with van der Waals surface area (Å²) in [4.78, 5) is 15.6. The summed E-state index contributed by atoms with van der Waals surface area (Å²) in [5.74, 6) is -0.823. The third-order valence-electron chi connectivity index (χ3n) is 3.80. The van der Waals surface area contributed by atoms with Gasteiger partial charge in [0.05, 0.1) is 0 Å². The molecular formula is C15H23N3O2. The Morgan fingerprint density at radius 2 is 1.85 bits per heavy atom. The van der Waals surface area contributed by atoms with E-state index in [4.69, 9.17) is 5.73 Å². The maximum atomic E-state index is 11.3. The van der Waals surface area contributed by atoms with E-state index >= 15 is 0 Å². The standard InChI is InChI=1S/C15H23N3O2/c1-12(16)14(15(19)20)18-9-7-17(8-10-18)11-13-5-3-2-4-6-13/h2-6,12,14H,7-11,16H2,1H3,(H,19,20). The fraction of sp³-hybridized carbons (Fsp3) is 0.533. The zero-order chi connectivity index (χ0) is 14.5. The van der Waals surface area contributed by atoms with E-state index in [1.165, 1.54) is 5.56 Å². The number of carboxylic acids is 1. The van der Waals surface area contributed by atoms with Crippen molar-refractivity contribution in [2.45, 2.75) is 25.6 Å². The Balaban J connectivity index is 1.87. The molecule has 1 aromatic rings. The molecule has 0 spiro atoms. The van der Waals surface area contributed by atoms with E-state index in [2.05, 4.69) is 17.0 Å². The summed E-state index contributed by atoms with van der Waals surface area (Å²) < 4.78 is 0. The molecule has 20 heavy (non-hydrogen) atoms. The van der Waals surface area contributed by atoms with Crippen LogP contribution in [0.5, 0.6) is 0 Å². The highest BCUT2D eigenvalue weighted by Crippen LogP contribution is 2.12. The number of carbonyl (C=O) groups is 1. The van der Waals surface area contributed by atoms with Gasteiger partial charge in [0.2, 0.25) is 0 Å². The first-order chi connectivity index (χ1) is 9.58. The van der Waals surface area contributed by atoms with E-state index in [0.29, 0.717) is 0 Å². The van der Waals surface area contributed by atoms with Crippen molar-refractivity contribution in [3.05, 3.63) is 35.9 Å². The smallest absolute Gasteiger partial charge is 0.322 e. The Hall–Kier alpha value is -1.43. The fourth-order valence-electron chi connectivity index (χ4n) is 2.75. The van der Waals surface area contributed by atoms with Gasteiger partial charge in [0.1, 0.15) is 6.04 Å². The number of hydrogen-bond acceptors (Lipinski definition) is 4. The van der Waals surface area contributed by atoms with Crippen LogP contribution >= 0.6 is 0 Å². The topological polar surface area (TPSA) is 69.8 Å². The highest BCUT2D eigenvalue weighted by Gasteiger charge is 2.31. The first kappa shape index (κ1) is 15.0. The molecule has 0 aliphatic carbocycles. The summed E-state index contributed by atoms with van der Waals surface area (Å²) in [5, 5.41) is 9.26. The SMILES string of the molecule is CC(N)C(C(=O)O)N1CCN(Cc2ccccc2)CC1. The molecule has 1 aliphatic rings. The van der Waals surface area contributed by atoms with Gasteiger partial charge < -0.3 is 10.8 Å². The number of carboxylic acid groups (broad SMARTS) is 1. The fourth-order valence-corrected chi connectivity index (χ4v) is 2.75. The maximum absolute atomic E-state index is 11.3. The predicted octanol–water partition coefficient (Wildman–Crippen LogP) is 0.605. The van der Waals surface area contributed by atoms with Crippen molar-refractivity contribution >= 4 is 5.97 Å². The van der Waals surface area contributed by atoms with Gasteiger partial charge in [0.25, 0.3) is 0 Å². The number of aliphatic carboxylic acids is 1. The number of nitrogens with two attached hydrogens (primary N) is 1. The number of piperazine rings is 1. The van der Waals surface area contributed by atoms with E-state index in [1.807, 2.05) is 23.1 Å². The van der Waals surface area contributed by atoms with Crippen LogP contribution in [0.4, 0.5) is 0 Å². The predicted molar refractivity (Wildman–Crippen MR) is 78.4 cm³/mol. The molecule has 1 fully saturated rings.